The SMILES string of the molecule is Cn1nccc1C(=O)/C=C/c1ccncc1. The predicted octanol–water partition coefficient (Wildman–Crippen LogP) is 1.71. The van der Waals surface area contributed by atoms with E-state index in [0.29, 0.717) is 5.69 Å². The highest BCUT2D eigenvalue weighted by Crippen LogP contribution is 2.03. The fourth-order valence-corrected chi connectivity index (χ4v) is 1.35. The van der Waals surface area contributed by atoms with Gasteiger partial charge in [-0.2, -0.15) is 5.10 Å². The standard InChI is InChI=1S/C12H11N3O/c1-15-11(6-9-14-15)12(16)3-2-10-4-7-13-8-5-10/h2-9H,1H3/b3-2+. The Bertz CT molecular complexity index is 514. The summed E-state index contributed by atoms with van der Waals surface area (Å²) >= 11 is 0. The Hall–Kier alpha value is -2.23. The van der Waals surface area contributed by atoms with Crippen LogP contribution in [0.1, 0.15) is 16.1 Å². The smallest absolute Gasteiger partial charge is 0.203 e. The molecule has 0 saturated carbocycles. The Labute approximate surface area is 93.2 Å². The topological polar surface area (TPSA) is 47.8 Å². The lowest BCUT2D eigenvalue weighted by Gasteiger charge is -1.95. The largest absolute Gasteiger partial charge is 0.288 e. The van der Waals surface area contributed by atoms with Crippen molar-refractivity contribution in [1.29, 1.82) is 0 Å². The summed E-state index contributed by atoms with van der Waals surface area (Å²) in [6.45, 7) is 0. The van der Waals surface area contributed by atoms with E-state index in [4.69, 9.17) is 0 Å². The number of hydrogen-bond acceptors (Lipinski definition) is 3. The van der Waals surface area contributed by atoms with Crippen LogP contribution in [0.2, 0.25) is 0 Å². The summed E-state index contributed by atoms with van der Waals surface area (Å²) in [5.41, 5.74) is 1.52. The van der Waals surface area contributed by atoms with E-state index >= 15 is 0 Å². The van der Waals surface area contributed by atoms with Gasteiger partial charge in [0, 0.05) is 25.6 Å². The van der Waals surface area contributed by atoms with Crippen molar-refractivity contribution in [2.24, 2.45) is 7.05 Å². The van der Waals surface area contributed by atoms with Crippen LogP contribution in [0.3, 0.4) is 0 Å². The molecule has 0 unspecified atom stereocenters. The van der Waals surface area contributed by atoms with E-state index in [9.17, 15) is 4.79 Å². The van der Waals surface area contributed by atoms with Crippen LogP contribution in [0.5, 0.6) is 0 Å². The van der Waals surface area contributed by atoms with E-state index in [-0.39, 0.29) is 5.78 Å². The minimum atomic E-state index is -0.0585. The average molecular weight is 213 g/mol. The van der Waals surface area contributed by atoms with Crippen molar-refractivity contribution >= 4 is 11.9 Å². The van der Waals surface area contributed by atoms with Gasteiger partial charge >= 0.3 is 0 Å². The van der Waals surface area contributed by atoms with Crippen LogP contribution >= 0.6 is 0 Å². The van der Waals surface area contributed by atoms with Gasteiger partial charge in [-0.05, 0) is 29.8 Å². The van der Waals surface area contributed by atoms with Crippen LogP contribution in [0, 0.1) is 0 Å². The first-order valence-electron chi connectivity index (χ1n) is 4.88. The molecule has 0 fully saturated rings. The van der Waals surface area contributed by atoms with E-state index < -0.39 is 0 Å². The van der Waals surface area contributed by atoms with Gasteiger partial charge in [0.05, 0.1) is 0 Å². The predicted molar refractivity (Wildman–Crippen MR) is 60.8 cm³/mol. The molecule has 16 heavy (non-hydrogen) atoms. The Morgan fingerprint density at radius 2 is 2.00 bits per heavy atom. The molecule has 80 valence electrons. The van der Waals surface area contributed by atoms with Crippen molar-refractivity contribution in [3.63, 3.8) is 0 Å². The summed E-state index contributed by atoms with van der Waals surface area (Å²) in [7, 11) is 1.74. The molecule has 0 aliphatic carbocycles. The summed E-state index contributed by atoms with van der Waals surface area (Å²) in [4.78, 5) is 15.6. The van der Waals surface area contributed by atoms with Gasteiger partial charge in [0.15, 0.2) is 0 Å². The number of pyridine rings is 1. The van der Waals surface area contributed by atoms with Gasteiger partial charge < -0.3 is 0 Å². The Morgan fingerprint density at radius 1 is 1.25 bits per heavy atom. The fourth-order valence-electron chi connectivity index (χ4n) is 1.35. The molecular formula is C12H11N3O. The summed E-state index contributed by atoms with van der Waals surface area (Å²) in [5.74, 6) is -0.0585. The zero-order valence-corrected chi connectivity index (χ0v) is 8.87. The molecular weight excluding hydrogens is 202 g/mol. The number of carbonyl (C=O) groups is 1. The van der Waals surface area contributed by atoms with Gasteiger partial charge in [0.2, 0.25) is 5.78 Å². The minimum Gasteiger partial charge on any atom is -0.288 e. The van der Waals surface area contributed by atoms with Crippen LogP contribution in [0.15, 0.2) is 42.9 Å². The van der Waals surface area contributed by atoms with E-state index in [1.807, 2.05) is 12.1 Å². The third kappa shape index (κ3) is 2.23. The second-order valence-electron chi connectivity index (χ2n) is 3.32. The molecule has 4 heteroatoms. The zero-order valence-electron chi connectivity index (χ0n) is 8.87. The van der Waals surface area contributed by atoms with Gasteiger partial charge in [-0.15, -0.1) is 0 Å². The number of carbonyl (C=O) groups excluding carboxylic acids is 1. The van der Waals surface area contributed by atoms with E-state index in [0.717, 1.165) is 5.56 Å². The van der Waals surface area contributed by atoms with Gasteiger partial charge in [-0.1, -0.05) is 6.08 Å². The number of aromatic nitrogens is 3. The van der Waals surface area contributed by atoms with Crippen molar-refractivity contribution in [3.8, 4) is 0 Å². The zero-order chi connectivity index (χ0) is 11.4. The number of allylic oxidation sites excluding steroid dienone is 1. The van der Waals surface area contributed by atoms with Crippen molar-refractivity contribution in [1.82, 2.24) is 14.8 Å². The Balaban J connectivity index is 2.15. The molecule has 0 saturated heterocycles. The normalized spacial score (nSPS) is 10.8. The molecule has 0 spiro atoms. The van der Waals surface area contributed by atoms with Crippen molar-refractivity contribution in [3.05, 3.63) is 54.1 Å². The van der Waals surface area contributed by atoms with Crippen LogP contribution in [0.4, 0.5) is 0 Å². The summed E-state index contributed by atoms with van der Waals surface area (Å²) in [6.07, 6.45) is 8.28. The number of ketones is 1. The number of nitrogens with zero attached hydrogens (tertiary/aromatic N) is 3. The molecule has 0 atom stereocenters. The van der Waals surface area contributed by atoms with Crippen molar-refractivity contribution in [2.75, 3.05) is 0 Å². The first kappa shape index (κ1) is 10.3. The lowest BCUT2D eigenvalue weighted by atomic mass is 10.2. The molecule has 0 aliphatic rings. The number of hydrogen-bond donors (Lipinski definition) is 0. The number of aryl methyl sites for hydroxylation is 1. The summed E-state index contributed by atoms with van der Waals surface area (Å²) < 4.78 is 1.55. The summed E-state index contributed by atoms with van der Waals surface area (Å²) in [6, 6.07) is 5.37. The van der Waals surface area contributed by atoms with Crippen LogP contribution in [0.25, 0.3) is 6.08 Å². The van der Waals surface area contributed by atoms with Gasteiger partial charge in [0.25, 0.3) is 0 Å². The van der Waals surface area contributed by atoms with E-state index in [1.54, 1.807) is 42.5 Å². The summed E-state index contributed by atoms with van der Waals surface area (Å²) in [5, 5.41) is 3.94. The molecule has 0 aliphatic heterocycles. The fraction of sp³-hybridized carbons (Fsp3) is 0.0833. The molecule has 4 nitrogen and oxygen atoms in total. The van der Waals surface area contributed by atoms with Gasteiger partial charge in [-0.3, -0.25) is 14.5 Å². The molecule has 0 N–H and O–H groups in total. The molecule has 0 radical (unpaired) electrons. The first-order valence-corrected chi connectivity index (χ1v) is 4.88. The minimum absolute atomic E-state index is 0.0585. The third-order valence-corrected chi connectivity index (χ3v) is 2.21. The lowest BCUT2D eigenvalue weighted by molar-refractivity contribution is 0.103. The maximum Gasteiger partial charge on any atom is 0.203 e. The van der Waals surface area contributed by atoms with E-state index in [1.165, 1.54) is 6.08 Å². The van der Waals surface area contributed by atoms with Crippen LogP contribution in [-0.2, 0) is 7.05 Å². The highest BCUT2D eigenvalue weighted by molar-refractivity contribution is 6.05. The maximum atomic E-state index is 11.7. The maximum absolute atomic E-state index is 11.7. The molecule has 0 bridgehead atoms. The van der Waals surface area contributed by atoms with Crippen molar-refractivity contribution in [2.45, 2.75) is 0 Å². The van der Waals surface area contributed by atoms with E-state index in [2.05, 4.69) is 10.1 Å². The average Bonchev–Trinajstić information content (AvgIpc) is 2.74. The van der Waals surface area contributed by atoms with Crippen LogP contribution < -0.4 is 0 Å². The second kappa shape index (κ2) is 4.53. The third-order valence-electron chi connectivity index (χ3n) is 2.21. The lowest BCUT2D eigenvalue weighted by Crippen LogP contribution is -2.03. The van der Waals surface area contributed by atoms with Crippen LogP contribution in [-0.4, -0.2) is 20.5 Å². The Morgan fingerprint density at radius 3 is 2.62 bits per heavy atom. The molecule has 0 aromatic carbocycles. The molecule has 2 rings (SSSR count). The molecule has 2 aromatic rings. The quantitative estimate of drug-likeness (QED) is 0.576. The van der Waals surface area contributed by atoms with Gasteiger partial charge in [0.1, 0.15) is 5.69 Å². The Kier molecular flexibility index (Phi) is 2.91. The first-order chi connectivity index (χ1) is 7.77. The molecule has 2 aromatic heterocycles. The monoisotopic (exact) mass is 213 g/mol. The number of rotatable bonds is 3. The van der Waals surface area contributed by atoms with Crippen molar-refractivity contribution < 1.29 is 4.79 Å². The highest BCUT2D eigenvalue weighted by atomic mass is 16.1. The molecule has 0 amide bonds. The highest BCUT2D eigenvalue weighted by Gasteiger charge is 2.05. The second-order valence-corrected chi connectivity index (χ2v) is 3.32. The van der Waals surface area contributed by atoms with Gasteiger partial charge in [-0.25, -0.2) is 0 Å². The molecule has 2 heterocycles.